The Kier molecular flexibility index (Phi) is 11.0. The normalized spacial score (nSPS) is 12.7. The van der Waals surface area contributed by atoms with Crippen LogP contribution in [0.2, 0.25) is 0 Å². The summed E-state index contributed by atoms with van der Waals surface area (Å²) in [6, 6.07) is 6.03. The van der Waals surface area contributed by atoms with Crippen molar-refractivity contribution in [2.24, 2.45) is 5.92 Å². The second-order valence-corrected chi connectivity index (χ2v) is 8.80. The van der Waals surface area contributed by atoms with Gasteiger partial charge in [0.1, 0.15) is 11.9 Å². The van der Waals surface area contributed by atoms with E-state index in [1.165, 1.54) is 38.6 Å². The van der Waals surface area contributed by atoms with Gasteiger partial charge in [0.25, 0.3) is 0 Å². The molecular weight excluding hydrogens is 469 g/mol. The zero-order chi connectivity index (χ0) is 26.8. The predicted molar refractivity (Wildman–Crippen MR) is 131 cm³/mol. The molecule has 0 N–H and O–H groups in total. The van der Waals surface area contributed by atoms with Crippen LogP contribution in [-0.4, -0.2) is 49.6 Å². The summed E-state index contributed by atoms with van der Waals surface area (Å²) in [7, 11) is 2.83. The summed E-state index contributed by atoms with van der Waals surface area (Å²) < 4.78 is 34.6. The Morgan fingerprint density at radius 3 is 2.33 bits per heavy atom. The molecule has 2 aromatic rings. The van der Waals surface area contributed by atoms with E-state index in [2.05, 4.69) is 4.98 Å². The van der Waals surface area contributed by atoms with Crippen molar-refractivity contribution in [1.82, 2.24) is 4.98 Å². The number of ether oxygens (including phenoxy) is 4. The van der Waals surface area contributed by atoms with E-state index < -0.39 is 23.8 Å². The van der Waals surface area contributed by atoms with Crippen LogP contribution in [0.5, 0.6) is 11.5 Å². The van der Waals surface area contributed by atoms with Gasteiger partial charge in [-0.15, -0.1) is 0 Å². The molecule has 0 unspecified atom stereocenters. The molecule has 0 amide bonds. The summed E-state index contributed by atoms with van der Waals surface area (Å²) in [5.41, 5.74) is 1.58. The van der Waals surface area contributed by atoms with Crippen LogP contribution in [-0.2, 0) is 19.1 Å². The number of ketones is 1. The molecule has 8 nitrogen and oxygen atoms in total. The molecule has 0 aliphatic carbocycles. The highest BCUT2D eigenvalue weighted by Crippen LogP contribution is 2.33. The van der Waals surface area contributed by atoms with Gasteiger partial charge in [0.15, 0.2) is 17.2 Å². The Labute approximate surface area is 211 Å². The van der Waals surface area contributed by atoms with Crippen LogP contribution in [0.1, 0.15) is 67.6 Å². The van der Waals surface area contributed by atoms with Gasteiger partial charge >= 0.3 is 11.9 Å². The standard InChI is InChI=1S/C27H34FNO7/c1-16(2)25(20-8-7-19(28)15-17(20)3)18(4)35-23(31)10-9-21(30)26-27(22(34-6)11-13-29-26)36-24(32)12-14-33-5/h7-8,11,13,15-16,18,25H,9-10,12,14H2,1-6H3/t18-,25+/m0/s1. The van der Waals surface area contributed by atoms with Crippen molar-refractivity contribution >= 4 is 17.7 Å². The number of carbonyl (C=O) groups is 3. The molecule has 0 saturated carbocycles. The summed E-state index contributed by atoms with van der Waals surface area (Å²) in [6.07, 6.45) is 0.459. The topological polar surface area (TPSA) is 101 Å². The van der Waals surface area contributed by atoms with Crippen LogP contribution in [0.3, 0.4) is 0 Å². The number of rotatable bonds is 13. The number of methoxy groups -OCH3 is 2. The highest BCUT2D eigenvalue weighted by molar-refractivity contribution is 5.99. The second kappa shape index (κ2) is 13.7. The number of carbonyl (C=O) groups excluding carboxylic acids is 3. The van der Waals surface area contributed by atoms with Crippen molar-refractivity contribution < 1.29 is 37.7 Å². The minimum atomic E-state index is -0.610. The van der Waals surface area contributed by atoms with E-state index in [0.717, 1.165) is 11.1 Å². The molecule has 1 heterocycles. The first kappa shape index (κ1) is 28.9. The fourth-order valence-electron chi connectivity index (χ4n) is 4.08. The molecule has 0 aliphatic heterocycles. The molecule has 2 rings (SSSR count). The van der Waals surface area contributed by atoms with Gasteiger partial charge in [-0.05, 0) is 43.0 Å². The lowest BCUT2D eigenvalue weighted by Gasteiger charge is -2.29. The van der Waals surface area contributed by atoms with Crippen molar-refractivity contribution in [2.75, 3.05) is 20.8 Å². The molecule has 0 bridgehead atoms. The lowest BCUT2D eigenvalue weighted by atomic mass is 9.82. The van der Waals surface area contributed by atoms with Gasteiger partial charge in [-0.3, -0.25) is 14.4 Å². The molecule has 2 atom stereocenters. The number of Topliss-reactive ketones (excluding diaryl/α,β-unsaturated/α-hetero) is 1. The van der Waals surface area contributed by atoms with Crippen LogP contribution < -0.4 is 9.47 Å². The van der Waals surface area contributed by atoms with Crippen LogP contribution in [0.25, 0.3) is 0 Å². The molecule has 1 aromatic carbocycles. The van der Waals surface area contributed by atoms with E-state index in [1.807, 2.05) is 20.8 Å². The minimum Gasteiger partial charge on any atom is -0.493 e. The monoisotopic (exact) mass is 503 g/mol. The van der Waals surface area contributed by atoms with Gasteiger partial charge in [-0.2, -0.15) is 0 Å². The van der Waals surface area contributed by atoms with E-state index in [4.69, 9.17) is 18.9 Å². The molecular formula is C27H34FNO7. The highest BCUT2D eigenvalue weighted by Gasteiger charge is 2.28. The number of halogens is 1. The van der Waals surface area contributed by atoms with E-state index in [9.17, 15) is 18.8 Å². The summed E-state index contributed by atoms with van der Waals surface area (Å²) >= 11 is 0. The zero-order valence-corrected chi connectivity index (χ0v) is 21.6. The first-order chi connectivity index (χ1) is 17.1. The van der Waals surface area contributed by atoms with Gasteiger partial charge in [0.05, 0.1) is 26.6 Å². The van der Waals surface area contributed by atoms with Crippen LogP contribution in [0.15, 0.2) is 30.5 Å². The molecule has 0 fully saturated rings. The number of aryl methyl sites for hydroxylation is 1. The van der Waals surface area contributed by atoms with Crippen LogP contribution in [0, 0.1) is 18.7 Å². The van der Waals surface area contributed by atoms with Crippen molar-refractivity contribution in [3.8, 4) is 11.5 Å². The number of hydrogen-bond donors (Lipinski definition) is 0. The SMILES string of the molecule is COCCC(=O)Oc1c(OC)ccnc1C(=O)CCC(=O)O[C@@H](C)[C@H](c1ccc(F)cc1C)C(C)C. The third-order valence-corrected chi connectivity index (χ3v) is 5.77. The zero-order valence-electron chi connectivity index (χ0n) is 21.6. The maximum Gasteiger partial charge on any atom is 0.313 e. The van der Waals surface area contributed by atoms with Crippen molar-refractivity contribution in [1.29, 1.82) is 0 Å². The van der Waals surface area contributed by atoms with E-state index in [1.54, 1.807) is 13.0 Å². The maximum atomic E-state index is 13.6. The third-order valence-electron chi connectivity index (χ3n) is 5.77. The summed E-state index contributed by atoms with van der Waals surface area (Å²) in [4.78, 5) is 41.6. The van der Waals surface area contributed by atoms with E-state index in [-0.39, 0.29) is 60.7 Å². The quantitative estimate of drug-likeness (QED) is 0.283. The van der Waals surface area contributed by atoms with Gasteiger partial charge < -0.3 is 18.9 Å². The molecule has 1 aromatic heterocycles. The number of esters is 2. The average Bonchev–Trinajstić information content (AvgIpc) is 2.82. The smallest absolute Gasteiger partial charge is 0.313 e. The first-order valence-electron chi connectivity index (χ1n) is 11.8. The number of nitrogens with zero attached hydrogens (tertiary/aromatic N) is 1. The summed E-state index contributed by atoms with van der Waals surface area (Å²) in [6.45, 7) is 7.77. The maximum absolute atomic E-state index is 13.6. The summed E-state index contributed by atoms with van der Waals surface area (Å²) in [5.74, 6) is -1.94. The predicted octanol–water partition coefficient (Wildman–Crippen LogP) is 4.81. The number of pyridine rings is 1. The second-order valence-electron chi connectivity index (χ2n) is 8.80. The fourth-order valence-corrected chi connectivity index (χ4v) is 4.08. The molecule has 0 radical (unpaired) electrons. The molecule has 36 heavy (non-hydrogen) atoms. The Balaban J connectivity index is 2.08. The Hall–Kier alpha value is -3.33. The summed E-state index contributed by atoms with van der Waals surface area (Å²) in [5, 5.41) is 0. The Bertz CT molecular complexity index is 1070. The van der Waals surface area contributed by atoms with Crippen LogP contribution >= 0.6 is 0 Å². The Morgan fingerprint density at radius 1 is 1.00 bits per heavy atom. The van der Waals surface area contributed by atoms with Gasteiger partial charge in [0.2, 0.25) is 5.75 Å². The first-order valence-corrected chi connectivity index (χ1v) is 11.8. The van der Waals surface area contributed by atoms with Gasteiger partial charge in [-0.1, -0.05) is 19.9 Å². The highest BCUT2D eigenvalue weighted by atomic mass is 19.1. The molecule has 0 spiro atoms. The van der Waals surface area contributed by atoms with E-state index >= 15 is 0 Å². The molecule has 9 heteroatoms. The largest absolute Gasteiger partial charge is 0.493 e. The van der Waals surface area contributed by atoms with Crippen molar-refractivity contribution in [3.63, 3.8) is 0 Å². The lowest BCUT2D eigenvalue weighted by molar-refractivity contribution is -0.149. The van der Waals surface area contributed by atoms with Crippen molar-refractivity contribution in [2.45, 2.75) is 59.0 Å². The molecule has 0 saturated heterocycles. The number of benzene rings is 1. The number of aromatic nitrogens is 1. The Morgan fingerprint density at radius 2 is 1.72 bits per heavy atom. The van der Waals surface area contributed by atoms with Crippen LogP contribution in [0.4, 0.5) is 4.39 Å². The minimum absolute atomic E-state index is 0.0169. The molecule has 0 aliphatic rings. The average molecular weight is 504 g/mol. The third kappa shape index (κ3) is 7.84. The molecule has 196 valence electrons. The van der Waals surface area contributed by atoms with Crippen molar-refractivity contribution in [3.05, 3.63) is 53.1 Å². The van der Waals surface area contributed by atoms with E-state index in [0.29, 0.717) is 0 Å². The van der Waals surface area contributed by atoms with Gasteiger partial charge in [-0.25, -0.2) is 9.37 Å². The lowest BCUT2D eigenvalue weighted by Crippen LogP contribution is -2.27. The van der Waals surface area contributed by atoms with Gasteiger partial charge in [0, 0.05) is 31.7 Å². The number of hydrogen-bond acceptors (Lipinski definition) is 8. The fraction of sp³-hybridized carbons (Fsp3) is 0.481.